The van der Waals surface area contributed by atoms with E-state index in [-0.39, 0.29) is 31.4 Å². The van der Waals surface area contributed by atoms with Gasteiger partial charge in [0.25, 0.3) is 0 Å². The third kappa shape index (κ3) is 5.88. The molecule has 2 aromatic heterocycles. The van der Waals surface area contributed by atoms with Crippen LogP contribution in [0.1, 0.15) is 16.8 Å². The lowest BCUT2D eigenvalue weighted by Gasteiger charge is -2.46. The Balaban J connectivity index is 1.52. The van der Waals surface area contributed by atoms with Crippen molar-refractivity contribution in [2.45, 2.75) is 25.6 Å². The fourth-order valence-electron chi connectivity index (χ4n) is 5.03. The van der Waals surface area contributed by atoms with Gasteiger partial charge in [-0.1, -0.05) is 23.7 Å². The van der Waals surface area contributed by atoms with Crippen LogP contribution in [0, 0.1) is 18.6 Å². The molecule has 0 unspecified atom stereocenters. The summed E-state index contributed by atoms with van der Waals surface area (Å²) >= 11 is 6.51. The minimum absolute atomic E-state index is 0.0418. The van der Waals surface area contributed by atoms with E-state index in [9.17, 15) is 22.4 Å². The molecule has 14 heteroatoms. The quantitative estimate of drug-likeness (QED) is 0.227. The monoisotopic (exact) mass is 590 g/mol. The molecule has 8 nitrogen and oxygen atoms in total. The van der Waals surface area contributed by atoms with Crippen molar-refractivity contribution >= 4 is 36.3 Å². The Morgan fingerprint density at radius 2 is 2.05 bits per heavy atom. The van der Waals surface area contributed by atoms with Crippen LogP contribution >= 0.6 is 11.6 Å². The van der Waals surface area contributed by atoms with Crippen LogP contribution in [0.25, 0.3) is 16.6 Å². The van der Waals surface area contributed by atoms with Gasteiger partial charge in [0, 0.05) is 23.2 Å². The number of carbonyl (C=O) groups excluding carboxylic acids is 1. The normalized spacial score (nSPS) is 17.4. The largest absolute Gasteiger partial charge is 0.487 e. The Morgan fingerprint density at radius 1 is 1.24 bits per heavy atom. The van der Waals surface area contributed by atoms with E-state index in [1.165, 1.54) is 21.8 Å². The molecule has 0 N–H and O–H groups in total. The van der Waals surface area contributed by atoms with Gasteiger partial charge in [0.2, 0.25) is 5.91 Å². The molecule has 3 heterocycles. The SMILES string of the molecule is B[C@@]1(c2cc(F)cc(Cl)c2COc2cccc3c(-n4cc(F)cn4)cc(C)nc23)COCCN1C(=O)COC(F)F. The number of rotatable bonds is 8. The fraction of sp³-hybridized carbons (Fsp3) is 0.296. The number of ether oxygens (including phenoxy) is 3. The Labute approximate surface area is 238 Å². The zero-order chi connectivity index (χ0) is 29.3. The van der Waals surface area contributed by atoms with Crippen molar-refractivity contribution in [1.82, 2.24) is 19.7 Å². The Morgan fingerprint density at radius 3 is 2.78 bits per heavy atom. The van der Waals surface area contributed by atoms with Crippen molar-refractivity contribution in [3.05, 3.63) is 82.3 Å². The molecule has 0 bridgehead atoms. The Hall–Kier alpha value is -3.68. The first-order valence-corrected chi connectivity index (χ1v) is 12.9. The van der Waals surface area contributed by atoms with Crippen molar-refractivity contribution in [2.75, 3.05) is 26.4 Å². The zero-order valence-corrected chi connectivity index (χ0v) is 22.8. The van der Waals surface area contributed by atoms with Crippen LogP contribution in [0.5, 0.6) is 5.75 Å². The highest BCUT2D eigenvalue weighted by Gasteiger charge is 2.42. The smallest absolute Gasteiger partial charge is 0.345 e. The van der Waals surface area contributed by atoms with Crippen LogP contribution in [0.3, 0.4) is 0 Å². The van der Waals surface area contributed by atoms with Gasteiger partial charge >= 0.3 is 6.61 Å². The van der Waals surface area contributed by atoms with Gasteiger partial charge in [-0.05, 0) is 36.8 Å². The number of morpholine rings is 1. The van der Waals surface area contributed by atoms with E-state index in [2.05, 4.69) is 14.8 Å². The highest BCUT2D eigenvalue weighted by atomic mass is 35.5. The molecule has 5 rings (SSSR count). The number of carbonyl (C=O) groups is 1. The number of para-hydroxylation sites is 1. The molecular weight excluding hydrogens is 567 g/mol. The lowest BCUT2D eigenvalue weighted by molar-refractivity contribution is -0.168. The number of hydrogen-bond donors (Lipinski definition) is 0. The van der Waals surface area contributed by atoms with Crippen molar-refractivity contribution in [3.8, 4) is 11.4 Å². The van der Waals surface area contributed by atoms with E-state index in [0.29, 0.717) is 39.2 Å². The zero-order valence-electron chi connectivity index (χ0n) is 22.0. The molecule has 1 fully saturated rings. The molecule has 1 aliphatic rings. The van der Waals surface area contributed by atoms with Gasteiger partial charge in [-0.3, -0.25) is 4.79 Å². The first-order chi connectivity index (χ1) is 19.6. The summed E-state index contributed by atoms with van der Waals surface area (Å²) in [5.41, 5.74) is 1.10. The highest BCUT2D eigenvalue weighted by Crippen LogP contribution is 2.37. The van der Waals surface area contributed by atoms with Crippen molar-refractivity contribution in [2.24, 2.45) is 0 Å². The van der Waals surface area contributed by atoms with Crippen LogP contribution in [-0.4, -0.2) is 66.4 Å². The van der Waals surface area contributed by atoms with Crippen molar-refractivity contribution < 1.29 is 36.6 Å². The number of aryl methyl sites for hydroxylation is 1. The number of fused-ring (bicyclic) bond motifs is 1. The average Bonchev–Trinajstić information content (AvgIpc) is 3.36. The predicted octanol–water partition coefficient (Wildman–Crippen LogP) is 4.12. The van der Waals surface area contributed by atoms with E-state index in [1.54, 1.807) is 39.0 Å². The number of hydrogen-bond acceptors (Lipinski definition) is 6. The first kappa shape index (κ1) is 28.8. The molecule has 4 aromatic rings. The summed E-state index contributed by atoms with van der Waals surface area (Å²) in [4.78, 5) is 18.8. The van der Waals surface area contributed by atoms with Gasteiger partial charge in [0.1, 0.15) is 38.1 Å². The number of pyridine rings is 1. The third-order valence-corrected chi connectivity index (χ3v) is 7.23. The molecule has 1 amide bonds. The van der Waals surface area contributed by atoms with Gasteiger partial charge in [0.15, 0.2) is 5.82 Å². The van der Waals surface area contributed by atoms with Crippen LogP contribution in [0.2, 0.25) is 5.02 Å². The molecule has 1 saturated heterocycles. The van der Waals surface area contributed by atoms with Crippen LogP contribution < -0.4 is 4.74 Å². The molecule has 0 aliphatic carbocycles. The summed E-state index contributed by atoms with van der Waals surface area (Å²) in [7, 11) is 1.64. The minimum Gasteiger partial charge on any atom is -0.487 e. The van der Waals surface area contributed by atoms with Crippen molar-refractivity contribution in [3.63, 3.8) is 0 Å². The summed E-state index contributed by atoms with van der Waals surface area (Å²) in [6.45, 7) is -2.16. The van der Waals surface area contributed by atoms with Crippen LogP contribution in [0.15, 0.2) is 48.8 Å². The molecule has 0 saturated carbocycles. The topological polar surface area (TPSA) is 78.7 Å². The minimum atomic E-state index is -3.12. The number of benzene rings is 2. The van der Waals surface area contributed by atoms with E-state index in [0.717, 1.165) is 12.3 Å². The Kier molecular flexibility index (Phi) is 8.21. The first-order valence-electron chi connectivity index (χ1n) is 12.6. The number of nitrogens with zero attached hydrogens (tertiary/aromatic N) is 4. The molecular formula is C27H24BClF4N4O4. The number of alkyl halides is 2. The molecule has 0 spiro atoms. The standard InChI is InChI=1S/C27H24BClF4N4O4/c1-15-7-22(37-11-17(31)10-34-37)18-3-2-4-23(25(18)35-15)40-12-19-20(8-16(30)9-21(19)29)27(28)14-39-6-5-36(27)24(38)13-41-26(32)33/h2-4,7-11,26H,5-6,12-14,28H2,1H3/t27-/m0/s1. The molecule has 1 atom stereocenters. The summed E-state index contributed by atoms with van der Waals surface area (Å²) in [6.07, 6.45) is 2.35. The maximum absolute atomic E-state index is 14.7. The number of aromatic nitrogens is 3. The van der Waals surface area contributed by atoms with E-state index in [4.69, 9.17) is 21.1 Å². The lowest BCUT2D eigenvalue weighted by atomic mass is 9.69. The van der Waals surface area contributed by atoms with E-state index >= 15 is 0 Å². The maximum atomic E-state index is 14.7. The lowest BCUT2D eigenvalue weighted by Crippen LogP contribution is -2.58. The maximum Gasteiger partial charge on any atom is 0.345 e. The molecule has 0 radical (unpaired) electrons. The van der Waals surface area contributed by atoms with Gasteiger partial charge < -0.3 is 19.1 Å². The summed E-state index contributed by atoms with van der Waals surface area (Å²) in [6, 6.07) is 9.35. The van der Waals surface area contributed by atoms with Gasteiger partial charge in [-0.25, -0.2) is 18.4 Å². The van der Waals surface area contributed by atoms with Crippen LogP contribution in [0.4, 0.5) is 17.6 Å². The summed E-state index contributed by atoms with van der Waals surface area (Å²) in [5, 5.41) is 4.75. The molecule has 1 aliphatic heterocycles. The highest BCUT2D eigenvalue weighted by molar-refractivity contribution is 6.31. The van der Waals surface area contributed by atoms with E-state index in [1.807, 2.05) is 0 Å². The predicted molar refractivity (Wildman–Crippen MR) is 144 cm³/mol. The van der Waals surface area contributed by atoms with Gasteiger partial charge in [0.05, 0.1) is 41.8 Å². The average molecular weight is 591 g/mol. The fourth-order valence-corrected chi connectivity index (χ4v) is 5.30. The second kappa shape index (κ2) is 11.7. The second-order valence-electron chi connectivity index (χ2n) is 9.68. The third-order valence-electron chi connectivity index (χ3n) is 6.89. The molecule has 2 aromatic carbocycles. The van der Waals surface area contributed by atoms with E-state index < -0.39 is 36.2 Å². The summed E-state index contributed by atoms with van der Waals surface area (Å²) < 4.78 is 71.2. The van der Waals surface area contributed by atoms with Gasteiger partial charge in [-0.2, -0.15) is 13.9 Å². The number of halogens is 5. The summed E-state index contributed by atoms with van der Waals surface area (Å²) in [5.74, 6) is -1.49. The molecule has 41 heavy (non-hydrogen) atoms. The number of amides is 1. The van der Waals surface area contributed by atoms with Gasteiger partial charge in [-0.15, -0.1) is 0 Å². The Bertz CT molecular complexity index is 1610. The second-order valence-corrected chi connectivity index (χ2v) is 10.1. The van der Waals surface area contributed by atoms with Crippen molar-refractivity contribution in [1.29, 1.82) is 0 Å². The van der Waals surface area contributed by atoms with Crippen LogP contribution in [-0.2, 0) is 26.3 Å². The molecule has 214 valence electrons.